The molecule has 0 spiro atoms. The summed E-state index contributed by atoms with van der Waals surface area (Å²) in [5.41, 5.74) is 1.48. The van der Waals surface area contributed by atoms with Gasteiger partial charge in [-0.15, -0.1) is 10.2 Å². The number of imide groups is 1. The third kappa shape index (κ3) is 3.50. The summed E-state index contributed by atoms with van der Waals surface area (Å²) in [6.45, 7) is 0.113. The number of nitrogens with zero attached hydrogens (tertiary/aromatic N) is 3. The van der Waals surface area contributed by atoms with Crippen molar-refractivity contribution in [3.8, 4) is 5.88 Å². The number of rotatable bonds is 5. The third-order valence-electron chi connectivity index (χ3n) is 4.63. The number of carbonyl (C=O) groups excluding carboxylic acids is 3. The molecular weight excluding hydrogens is 396 g/mol. The van der Waals surface area contributed by atoms with Crippen molar-refractivity contribution >= 4 is 45.9 Å². The van der Waals surface area contributed by atoms with Gasteiger partial charge in [0.2, 0.25) is 5.88 Å². The molecule has 0 unspecified atom stereocenters. The number of hydrogen-bond acceptors (Lipinski definition) is 5. The molecule has 0 radical (unpaired) electrons. The highest BCUT2D eigenvalue weighted by Crippen LogP contribution is 2.36. The summed E-state index contributed by atoms with van der Waals surface area (Å²) in [5, 5.41) is 18.4. The number of aromatic hydroxyl groups is 1. The Morgan fingerprint density at radius 2 is 1.79 bits per heavy atom. The smallest absolute Gasteiger partial charge is 0.264 e. The predicted octanol–water partition coefficient (Wildman–Crippen LogP) is 4.21. The number of fused-ring (bicyclic) bond motifs is 2. The van der Waals surface area contributed by atoms with Crippen molar-refractivity contribution in [1.29, 1.82) is 0 Å². The number of azo groups is 1. The third-order valence-corrected chi connectivity index (χ3v) is 4.86. The molecule has 0 atom stereocenters. The lowest BCUT2D eigenvalue weighted by Crippen LogP contribution is -2.30. The maximum Gasteiger partial charge on any atom is 0.264 e. The van der Waals surface area contributed by atoms with E-state index in [4.69, 9.17) is 11.6 Å². The maximum absolute atomic E-state index is 12.3. The van der Waals surface area contributed by atoms with E-state index in [0.29, 0.717) is 27.1 Å². The molecule has 3 amide bonds. The lowest BCUT2D eigenvalue weighted by molar-refractivity contribution is -0.118. The Hall–Kier alpha value is -3.52. The summed E-state index contributed by atoms with van der Waals surface area (Å²) in [5.74, 6) is -1.47. The Labute approximate surface area is 169 Å². The van der Waals surface area contributed by atoms with Crippen LogP contribution in [0.15, 0.2) is 52.7 Å². The Morgan fingerprint density at radius 3 is 2.48 bits per heavy atom. The van der Waals surface area contributed by atoms with Gasteiger partial charge in [-0.3, -0.25) is 19.3 Å². The lowest BCUT2D eigenvalue weighted by atomic mass is 10.1. The second-order valence-electron chi connectivity index (χ2n) is 6.52. The fourth-order valence-corrected chi connectivity index (χ4v) is 3.40. The van der Waals surface area contributed by atoms with Gasteiger partial charge < -0.3 is 10.1 Å². The zero-order chi connectivity index (χ0) is 20.5. The first kappa shape index (κ1) is 18.8. The van der Waals surface area contributed by atoms with Gasteiger partial charge in [0.05, 0.1) is 16.6 Å². The van der Waals surface area contributed by atoms with Crippen LogP contribution in [0.1, 0.15) is 33.6 Å². The number of aromatic amines is 1. The molecule has 0 saturated heterocycles. The van der Waals surface area contributed by atoms with Gasteiger partial charge in [-0.2, -0.15) is 0 Å². The van der Waals surface area contributed by atoms with Crippen molar-refractivity contribution in [3.63, 3.8) is 0 Å². The van der Waals surface area contributed by atoms with Gasteiger partial charge >= 0.3 is 0 Å². The fourth-order valence-electron chi connectivity index (χ4n) is 3.22. The van der Waals surface area contributed by atoms with Crippen molar-refractivity contribution in [3.05, 3.63) is 58.6 Å². The predicted molar refractivity (Wildman–Crippen MR) is 106 cm³/mol. The minimum Gasteiger partial charge on any atom is -0.493 e. The first-order valence-electron chi connectivity index (χ1n) is 8.85. The number of benzene rings is 2. The molecule has 1 aliphatic rings. The Kier molecular flexibility index (Phi) is 4.85. The number of amides is 3. The molecule has 0 saturated carbocycles. The van der Waals surface area contributed by atoms with E-state index in [1.54, 1.807) is 42.5 Å². The van der Waals surface area contributed by atoms with Crippen molar-refractivity contribution in [1.82, 2.24) is 9.88 Å². The minimum absolute atomic E-state index is 0.000773. The minimum atomic E-state index is -0.530. The first-order chi connectivity index (χ1) is 14.0. The van der Waals surface area contributed by atoms with E-state index in [1.807, 2.05) is 0 Å². The summed E-state index contributed by atoms with van der Waals surface area (Å²) in [4.78, 5) is 40.5. The van der Waals surface area contributed by atoms with Crippen LogP contribution in [0.25, 0.3) is 10.9 Å². The molecule has 0 aliphatic carbocycles. The number of halogens is 1. The van der Waals surface area contributed by atoms with Crippen LogP contribution in [0.2, 0.25) is 5.02 Å². The van der Waals surface area contributed by atoms with E-state index in [9.17, 15) is 19.5 Å². The molecular formula is C20H15ClN4O4. The number of H-pyrrole nitrogens is 1. The van der Waals surface area contributed by atoms with Crippen LogP contribution in [-0.2, 0) is 4.79 Å². The van der Waals surface area contributed by atoms with Gasteiger partial charge in [-0.05, 0) is 36.8 Å². The second-order valence-corrected chi connectivity index (χ2v) is 6.95. The number of aromatic nitrogens is 1. The molecule has 2 aromatic carbocycles. The molecule has 1 aliphatic heterocycles. The average Bonchev–Trinajstić information content (AvgIpc) is 3.14. The molecule has 4 rings (SSSR count). The molecule has 146 valence electrons. The average molecular weight is 411 g/mol. The van der Waals surface area contributed by atoms with Crippen LogP contribution in [0, 0.1) is 0 Å². The topological polar surface area (TPSA) is 115 Å². The van der Waals surface area contributed by atoms with Crippen LogP contribution < -0.4 is 0 Å². The summed E-state index contributed by atoms with van der Waals surface area (Å²) in [6, 6.07) is 11.6. The highest BCUT2D eigenvalue weighted by Gasteiger charge is 2.34. The van der Waals surface area contributed by atoms with Crippen LogP contribution >= 0.6 is 11.6 Å². The van der Waals surface area contributed by atoms with Gasteiger partial charge in [-0.1, -0.05) is 23.7 Å². The van der Waals surface area contributed by atoms with Gasteiger partial charge in [0, 0.05) is 23.4 Å². The quantitative estimate of drug-likeness (QED) is 0.484. The number of carbonyl (C=O) groups is 3. The monoisotopic (exact) mass is 410 g/mol. The first-order valence-corrected chi connectivity index (χ1v) is 9.23. The molecule has 0 fully saturated rings. The van der Waals surface area contributed by atoms with E-state index in [-0.39, 0.29) is 42.8 Å². The van der Waals surface area contributed by atoms with Crippen LogP contribution in [0.5, 0.6) is 5.88 Å². The zero-order valence-corrected chi connectivity index (χ0v) is 15.8. The number of hydrogen-bond donors (Lipinski definition) is 2. The SMILES string of the molecule is O=C(CCCN1C(=O)c2ccccc2C1=O)N=Nc1c(O)[nH]c2ccc(Cl)cc12. The van der Waals surface area contributed by atoms with E-state index in [0.717, 1.165) is 4.90 Å². The maximum atomic E-state index is 12.3. The van der Waals surface area contributed by atoms with Gasteiger partial charge in [0.15, 0.2) is 5.69 Å². The molecule has 9 heteroatoms. The van der Waals surface area contributed by atoms with E-state index in [2.05, 4.69) is 15.2 Å². The largest absolute Gasteiger partial charge is 0.493 e. The van der Waals surface area contributed by atoms with Crippen LogP contribution in [0.4, 0.5) is 5.69 Å². The van der Waals surface area contributed by atoms with Crippen molar-refractivity contribution in [2.45, 2.75) is 12.8 Å². The summed E-state index contributed by atoms with van der Waals surface area (Å²) < 4.78 is 0. The summed E-state index contributed by atoms with van der Waals surface area (Å²) >= 11 is 5.96. The number of nitrogens with one attached hydrogen (secondary N) is 1. The van der Waals surface area contributed by atoms with Crippen LogP contribution in [-0.4, -0.2) is 39.3 Å². The highest BCUT2D eigenvalue weighted by molar-refractivity contribution is 6.31. The molecule has 1 aromatic heterocycles. The van der Waals surface area contributed by atoms with Crippen molar-refractivity contribution < 1.29 is 19.5 Å². The molecule has 2 heterocycles. The van der Waals surface area contributed by atoms with Gasteiger partial charge in [0.25, 0.3) is 17.7 Å². The fraction of sp³-hybridized carbons (Fsp3) is 0.150. The van der Waals surface area contributed by atoms with Crippen LogP contribution in [0.3, 0.4) is 0 Å². The normalized spacial score (nSPS) is 13.6. The Balaban J connectivity index is 1.38. The van der Waals surface area contributed by atoms with E-state index < -0.39 is 5.91 Å². The molecule has 2 N–H and O–H groups in total. The van der Waals surface area contributed by atoms with Crippen molar-refractivity contribution in [2.24, 2.45) is 10.2 Å². The zero-order valence-electron chi connectivity index (χ0n) is 15.1. The molecule has 3 aromatic rings. The van der Waals surface area contributed by atoms with Gasteiger partial charge in [0.1, 0.15) is 0 Å². The standard InChI is InChI=1S/C20H15ClN4O4/c21-11-7-8-15-14(10-11)17(18(27)22-15)24-23-16(26)6-3-9-25-19(28)12-4-1-2-5-13(12)20(25)29/h1-2,4-5,7-8,10,22,27H,3,6,9H2. The highest BCUT2D eigenvalue weighted by atomic mass is 35.5. The Bertz CT molecular complexity index is 1150. The molecule has 0 bridgehead atoms. The Morgan fingerprint density at radius 1 is 1.10 bits per heavy atom. The second kappa shape index (κ2) is 7.48. The van der Waals surface area contributed by atoms with Gasteiger partial charge in [-0.25, -0.2) is 0 Å². The summed E-state index contributed by atoms with van der Waals surface area (Å²) in [7, 11) is 0. The summed E-state index contributed by atoms with van der Waals surface area (Å²) in [6.07, 6.45) is 0.260. The molecule has 29 heavy (non-hydrogen) atoms. The van der Waals surface area contributed by atoms with Crippen molar-refractivity contribution in [2.75, 3.05) is 6.54 Å². The van der Waals surface area contributed by atoms with E-state index >= 15 is 0 Å². The lowest BCUT2D eigenvalue weighted by Gasteiger charge is -2.12. The van der Waals surface area contributed by atoms with E-state index in [1.165, 1.54) is 0 Å². The molecule has 8 nitrogen and oxygen atoms in total.